The molecule has 0 atom stereocenters. The Labute approximate surface area is 156 Å². The first-order valence-corrected chi connectivity index (χ1v) is 8.87. The zero-order valence-corrected chi connectivity index (χ0v) is 14.9. The molecule has 1 aliphatic heterocycles. The largest absolute Gasteiger partial charge is 0.478 e. The molecular weight excluding hydrogens is 342 g/mol. The molecule has 4 rings (SSSR count). The van der Waals surface area contributed by atoms with Crippen LogP contribution in [0.15, 0.2) is 48.7 Å². The summed E-state index contributed by atoms with van der Waals surface area (Å²) in [6.07, 6.45) is 2.42. The van der Waals surface area contributed by atoms with E-state index in [0.29, 0.717) is 36.3 Å². The van der Waals surface area contributed by atoms with Crippen LogP contribution in [0.3, 0.4) is 0 Å². The smallest absolute Gasteiger partial charge is 0.261 e. The third-order valence-electron chi connectivity index (χ3n) is 4.80. The van der Waals surface area contributed by atoms with Crippen molar-refractivity contribution in [2.24, 2.45) is 0 Å². The molecule has 0 radical (unpaired) electrons. The Bertz CT molecular complexity index is 1030. The van der Waals surface area contributed by atoms with Crippen molar-refractivity contribution < 1.29 is 14.3 Å². The lowest BCUT2D eigenvalue weighted by molar-refractivity contribution is 0.0656. The van der Waals surface area contributed by atoms with Gasteiger partial charge in [-0.15, -0.1) is 0 Å². The van der Waals surface area contributed by atoms with E-state index in [-0.39, 0.29) is 17.7 Å². The molecule has 27 heavy (non-hydrogen) atoms. The van der Waals surface area contributed by atoms with Gasteiger partial charge in [-0.25, -0.2) is 0 Å². The highest BCUT2D eigenvalue weighted by Crippen LogP contribution is 2.25. The number of nitrogens with zero attached hydrogens (tertiary/aromatic N) is 1. The molecule has 6 heteroatoms. The fourth-order valence-electron chi connectivity index (χ4n) is 3.43. The number of rotatable bonds is 5. The second kappa shape index (κ2) is 6.72. The van der Waals surface area contributed by atoms with Crippen LogP contribution < -0.4 is 0 Å². The second-order valence-corrected chi connectivity index (χ2v) is 6.39. The zero-order valence-electron chi connectivity index (χ0n) is 14.9. The minimum Gasteiger partial charge on any atom is -0.478 e. The molecule has 6 nitrogen and oxygen atoms in total. The van der Waals surface area contributed by atoms with E-state index >= 15 is 0 Å². The number of nitrogens with one attached hydrogen (secondary N) is 2. The van der Waals surface area contributed by atoms with Gasteiger partial charge in [0.25, 0.3) is 11.8 Å². The number of aromatic amines is 1. The predicted octanol–water partition coefficient (Wildman–Crippen LogP) is 3.37. The van der Waals surface area contributed by atoms with Gasteiger partial charge in [0, 0.05) is 29.2 Å². The molecular formula is C21H19N3O3. The van der Waals surface area contributed by atoms with Gasteiger partial charge in [0.05, 0.1) is 17.7 Å². The molecule has 0 fully saturated rings. The fourth-order valence-corrected chi connectivity index (χ4v) is 3.43. The second-order valence-electron chi connectivity index (χ2n) is 6.39. The number of carbonyl (C=O) groups is 2. The van der Waals surface area contributed by atoms with Gasteiger partial charge < -0.3 is 9.72 Å². The summed E-state index contributed by atoms with van der Waals surface area (Å²) in [5, 5.41) is 8.93. The first-order chi connectivity index (χ1) is 13.1. The maximum Gasteiger partial charge on any atom is 0.261 e. The number of imide groups is 1. The first-order valence-electron chi connectivity index (χ1n) is 8.87. The molecule has 3 aromatic rings. The van der Waals surface area contributed by atoms with Gasteiger partial charge in [-0.2, -0.15) is 0 Å². The van der Waals surface area contributed by atoms with Gasteiger partial charge in [-0.3, -0.25) is 19.9 Å². The van der Waals surface area contributed by atoms with E-state index in [1.165, 1.54) is 4.90 Å². The van der Waals surface area contributed by atoms with E-state index in [2.05, 4.69) is 4.98 Å². The van der Waals surface area contributed by atoms with E-state index < -0.39 is 0 Å². The average molecular weight is 361 g/mol. The van der Waals surface area contributed by atoms with Crippen LogP contribution in [0.1, 0.15) is 38.8 Å². The number of hydrogen-bond donors (Lipinski definition) is 2. The van der Waals surface area contributed by atoms with Gasteiger partial charge in [0.2, 0.25) is 5.90 Å². The number of hydrogen-bond acceptors (Lipinski definition) is 4. The van der Waals surface area contributed by atoms with Crippen molar-refractivity contribution in [2.45, 2.75) is 13.3 Å². The Hall–Kier alpha value is -3.41. The summed E-state index contributed by atoms with van der Waals surface area (Å²) in [4.78, 5) is 29.5. The molecule has 2 N–H and O–H groups in total. The summed E-state index contributed by atoms with van der Waals surface area (Å²) in [6, 6.07) is 12.6. The van der Waals surface area contributed by atoms with Crippen LogP contribution in [-0.2, 0) is 11.2 Å². The molecule has 0 aliphatic carbocycles. The van der Waals surface area contributed by atoms with E-state index in [4.69, 9.17) is 10.1 Å². The number of aromatic nitrogens is 1. The van der Waals surface area contributed by atoms with Crippen LogP contribution in [-0.4, -0.2) is 40.7 Å². The maximum atomic E-state index is 12.5. The third kappa shape index (κ3) is 2.89. The van der Waals surface area contributed by atoms with E-state index in [0.717, 1.165) is 16.5 Å². The van der Waals surface area contributed by atoms with E-state index in [1.54, 1.807) is 24.3 Å². The first kappa shape index (κ1) is 17.0. The molecule has 1 aliphatic rings. The lowest BCUT2D eigenvalue weighted by atomic mass is 10.1. The molecule has 136 valence electrons. The monoisotopic (exact) mass is 361 g/mol. The van der Waals surface area contributed by atoms with Crippen LogP contribution in [0.25, 0.3) is 10.9 Å². The molecule has 0 saturated heterocycles. The van der Waals surface area contributed by atoms with Crippen LogP contribution in [0.2, 0.25) is 0 Å². The molecule has 2 aromatic carbocycles. The number of amides is 2. The SMILES string of the molecule is CCOC(=N)c1ccc2[nH]cc(CCN3C(=O)c4ccccc4C3=O)c2c1. The fraction of sp³-hybridized carbons (Fsp3) is 0.190. The highest BCUT2D eigenvalue weighted by atomic mass is 16.5. The van der Waals surface area contributed by atoms with Crippen molar-refractivity contribution in [3.05, 3.63) is 70.9 Å². The normalized spacial score (nSPS) is 13.3. The van der Waals surface area contributed by atoms with Gasteiger partial charge >= 0.3 is 0 Å². The van der Waals surface area contributed by atoms with Crippen molar-refractivity contribution in [1.29, 1.82) is 5.41 Å². The molecule has 1 aromatic heterocycles. The van der Waals surface area contributed by atoms with Crippen molar-refractivity contribution >= 4 is 28.6 Å². The minimum absolute atomic E-state index is 0.131. The lowest BCUT2D eigenvalue weighted by Crippen LogP contribution is -2.31. The van der Waals surface area contributed by atoms with Gasteiger partial charge in [0.15, 0.2) is 0 Å². The number of H-pyrrole nitrogens is 1. The van der Waals surface area contributed by atoms with Crippen LogP contribution in [0, 0.1) is 5.41 Å². The number of ether oxygens (including phenoxy) is 1. The molecule has 2 heterocycles. The van der Waals surface area contributed by atoms with Crippen LogP contribution in [0.5, 0.6) is 0 Å². The summed E-state index contributed by atoms with van der Waals surface area (Å²) >= 11 is 0. The molecule has 0 saturated carbocycles. The molecule has 0 bridgehead atoms. The Balaban J connectivity index is 1.56. The molecule has 2 amide bonds. The van der Waals surface area contributed by atoms with E-state index in [9.17, 15) is 9.59 Å². The number of carbonyl (C=O) groups excluding carboxylic acids is 2. The lowest BCUT2D eigenvalue weighted by Gasteiger charge is -2.13. The van der Waals surface area contributed by atoms with E-state index in [1.807, 2.05) is 31.3 Å². The Morgan fingerprint density at radius 3 is 2.48 bits per heavy atom. The average Bonchev–Trinajstić information content (AvgIpc) is 3.20. The van der Waals surface area contributed by atoms with Crippen molar-refractivity contribution in [1.82, 2.24) is 9.88 Å². The topological polar surface area (TPSA) is 86.2 Å². The van der Waals surface area contributed by atoms with Gasteiger partial charge in [0.1, 0.15) is 0 Å². The molecule has 0 spiro atoms. The third-order valence-corrected chi connectivity index (χ3v) is 4.80. The Morgan fingerprint density at radius 1 is 1.11 bits per heavy atom. The standard InChI is InChI=1S/C21H19N3O3/c1-2-27-19(22)13-7-8-18-17(11-13)14(12-23-18)9-10-24-20(25)15-5-3-4-6-16(15)21(24)26/h3-8,11-12,22-23H,2,9-10H2,1H3. The summed E-state index contributed by atoms with van der Waals surface area (Å²) in [6.45, 7) is 2.60. The molecule has 0 unspecified atom stereocenters. The maximum absolute atomic E-state index is 12.5. The summed E-state index contributed by atoms with van der Waals surface area (Å²) in [5.74, 6) is -0.351. The quantitative estimate of drug-likeness (QED) is 0.415. The predicted molar refractivity (Wildman–Crippen MR) is 102 cm³/mol. The Morgan fingerprint density at radius 2 is 1.81 bits per heavy atom. The zero-order chi connectivity index (χ0) is 19.0. The number of fused-ring (bicyclic) bond motifs is 2. The van der Waals surface area contributed by atoms with Gasteiger partial charge in [-0.1, -0.05) is 12.1 Å². The van der Waals surface area contributed by atoms with Crippen molar-refractivity contribution in [3.63, 3.8) is 0 Å². The Kier molecular flexibility index (Phi) is 4.24. The minimum atomic E-state index is -0.241. The number of benzene rings is 2. The van der Waals surface area contributed by atoms with Gasteiger partial charge in [-0.05, 0) is 49.2 Å². The van der Waals surface area contributed by atoms with Crippen molar-refractivity contribution in [2.75, 3.05) is 13.2 Å². The summed E-state index contributed by atoms with van der Waals surface area (Å²) in [7, 11) is 0. The van der Waals surface area contributed by atoms with Crippen molar-refractivity contribution in [3.8, 4) is 0 Å². The highest BCUT2D eigenvalue weighted by Gasteiger charge is 2.34. The summed E-state index contributed by atoms with van der Waals surface area (Å²) < 4.78 is 5.27. The van der Waals surface area contributed by atoms with Crippen LogP contribution >= 0.6 is 0 Å². The van der Waals surface area contributed by atoms with Crippen LogP contribution in [0.4, 0.5) is 0 Å². The highest BCUT2D eigenvalue weighted by molar-refractivity contribution is 6.21. The summed E-state index contributed by atoms with van der Waals surface area (Å²) in [5.41, 5.74) is 3.57.